The van der Waals surface area contributed by atoms with E-state index < -0.39 is 0 Å². The molecule has 27 heavy (non-hydrogen) atoms. The number of carbonyl (C=O) groups is 1. The number of hydrogen-bond donors (Lipinski definition) is 1. The van der Waals surface area contributed by atoms with E-state index in [1.54, 1.807) is 7.11 Å². The highest BCUT2D eigenvalue weighted by molar-refractivity contribution is 5.79. The van der Waals surface area contributed by atoms with Gasteiger partial charge in [0.25, 0.3) is 0 Å². The third-order valence-corrected chi connectivity index (χ3v) is 5.45. The SMILES string of the molecule is CC[C@@H](NC(=O)C1CCN(Cc2ccccc2)CC1)c1ccc(OC)cc1. The number of hydrogen-bond acceptors (Lipinski definition) is 3. The Morgan fingerprint density at radius 2 is 1.78 bits per heavy atom. The Morgan fingerprint density at radius 1 is 1.11 bits per heavy atom. The van der Waals surface area contributed by atoms with Crippen LogP contribution in [0.4, 0.5) is 0 Å². The van der Waals surface area contributed by atoms with Crippen molar-refractivity contribution in [3.63, 3.8) is 0 Å². The van der Waals surface area contributed by atoms with Crippen LogP contribution in [0.2, 0.25) is 0 Å². The van der Waals surface area contributed by atoms with Crippen molar-refractivity contribution in [1.82, 2.24) is 10.2 Å². The molecule has 1 aliphatic rings. The molecule has 1 amide bonds. The molecule has 0 aromatic heterocycles. The van der Waals surface area contributed by atoms with Crippen molar-refractivity contribution in [3.05, 3.63) is 65.7 Å². The highest BCUT2D eigenvalue weighted by Crippen LogP contribution is 2.23. The molecule has 0 spiro atoms. The van der Waals surface area contributed by atoms with Crippen molar-refractivity contribution < 1.29 is 9.53 Å². The van der Waals surface area contributed by atoms with Gasteiger partial charge < -0.3 is 10.1 Å². The van der Waals surface area contributed by atoms with Gasteiger partial charge in [-0.1, -0.05) is 49.4 Å². The molecule has 0 saturated carbocycles. The third-order valence-electron chi connectivity index (χ3n) is 5.45. The van der Waals surface area contributed by atoms with Crippen LogP contribution in [0.5, 0.6) is 5.75 Å². The maximum absolute atomic E-state index is 12.8. The van der Waals surface area contributed by atoms with Gasteiger partial charge in [-0.15, -0.1) is 0 Å². The van der Waals surface area contributed by atoms with Gasteiger partial charge in [0.1, 0.15) is 5.75 Å². The Hall–Kier alpha value is -2.33. The van der Waals surface area contributed by atoms with E-state index in [4.69, 9.17) is 4.74 Å². The monoisotopic (exact) mass is 366 g/mol. The van der Waals surface area contributed by atoms with E-state index in [-0.39, 0.29) is 17.9 Å². The normalized spacial score (nSPS) is 16.7. The van der Waals surface area contributed by atoms with Gasteiger partial charge in [-0.3, -0.25) is 9.69 Å². The lowest BCUT2D eigenvalue weighted by Crippen LogP contribution is -2.41. The Balaban J connectivity index is 1.50. The number of likely N-dealkylation sites (tertiary alicyclic amines) is 1. The summed E-state index contributed by atoms with van der Waals surface area (Å²) in [5.41, 5.74) is 2.47. The number of rotatable bonds is 7. The summed E-state index contributed by atoms with van der Waals surface area (Å²) in [7, 11) is 1.66. The standard InChI is InChI=1S/C23H30N2O2/c1-3-22(19-9-11-21(27-2)12-10-19)24-23(26)20-13-15-25(16-14-20)17-18-7-5-4-6-8-18/h4-12,20,22H,3,13-17H2,1-2H3,(H,24,26)/t22-/m1/s1. The molecule has 4 heteroatoms. The van der Waals surface area contributed by atoms with E-state index in [2.05, 4.69) is 41.4 Å². The van der Waals surface area contributed by atoms with Crippen molar-refractivity contribution in [1.29, 1.82) is 0 Å². The molecule has 1 atom stereocenters. The molecule has 1 saturated heterocycles. The minimum Gasteiger partial charge on any atom is -0.497 e. The second-order valence-electron chi connectivity index (χ2n) is 7.28. The predicted octanol–water partition coefficient (Wildman–Crippen LogP) is 4.17. The zero-order valence-corrected chi connectivity index (χ0v) is 16.4. The first-order valence-corrected chi connectivity index (χ1v) is 9.90. The van der Waals surface area contributed by atoms with E-state index in [0.717, 1.165) is 50.2 Å². The number of carbonyl (C=O) groups excluding carboxylic acids is 1. The van der Waals surface area contributed by atoms with Gasteiger partial charge in [-0.25, -0.2) is 0 Å². The Kier molecular flexibility index (Phi) is 6.88. The number of benzene rings is 2. The Bertz CT molecular complexity index is 707. The fourth-order valence-corrected chi connectivity index (χ4v) is 3.74. The first-order valence-electron chi connectivity index (χ1n) is 9.90. The van der Waals surface area contributed by atoms with E-state index in [9.17, 15) is 4.79 Å². The summed E-state index contributed by atoms with van der Waals surface area (Å²) in [5.74, 6) is 1.15. The molecule has 1 fully saturated rings. The summed E-state index contributed by atoms with van der Waals surface area (Å²) in [6, 6.07) is 18.6. The van der Waals surface area contributed by atoms with Crippen LogP contribution < -0.4 is 10.1 Å². The van der Waals surface area contributed by atoms with Gasteiger partial charge in [0.15, 0.2) is 0 Å². The van der Waals surface area contributed by atoms with Gasteiger partial charge in [0.2, 0.25) is 5.91 Å². The highest BCUT2D eigenvalue weighted by atomic mass is 16.5. The molecular weight excluding hydrogens is 336 g/mol. The van der Waals surface area contributed by atoms with E-state index in [0.29, 0.717) is 0 Å². The average Bonchev–Trinajstić information content (AvgIpc) is 2.73. The van der Waals surface area contributed by atoms with Crippen LogP contribution in [0.15, 0.2) is 54.6 Å². The van der Waals surface area contributed by atoms with Crippen LogP contribution in [0.3, 0.4) is 0 Å². The molecule has 2 aromatic rings. The number of ether oxygens (including phenoxy) is 1. The molecule has 1 heterocycles. The van der Waals surface area contributed by atoms with Crippen LogP contribution in [-0.2, 0) is 11.3 Å². The minimum atomic E-state index is 0.0609. The van der Waals surface area contributed by atoms with Crippen molar-refractivity contribution in [2.24, 2.45) is 5.92 Å². The number of nitrogens with one attached hydrogen (secondary N) is 1. The summed E-state index contributed by atoms with van der Waals surface area (Å²) in [4.78, 5) is 15.2. The molecule has 4 nitrogen and oxygen atoms in total. The van der Waals surface area contributed by atoms with Crippen molar-refractivity contribution in [3.8, 4) is 5.75 Å². The molecule has 3 rings (SSSR count). The van der Waals surface area contributed by atoms with E-state index in [1.165, 1.54) is 5.56 Å². The van der Waals surface area contributed by atoms with Crippen molar-refractivity contribution >= 4 is 5.91 Å². The number of piperidine rings is 1. The lowest BCUT2D eigenvalue weighted by atomic mass is 9.94. The van der Waals surface area contributed by atoms with Crippen LogP contribution >= 0.6 is 0 Å². The van der Waals surface area contributed by atoms with Crippen molar-refractivity contribution in [2.45, 2.75) is 38.8 Å². The molecule has 1 aliphatic heterocycles. The van der Waals surface area contributed by atoms with Crippen LogP contribution in [0.25, 0.3) is 0 Å². The third kappa shape index (κ3) is 5.33. The second-order valence-corrected chi connectivity index (χ2v) is 7.28. The topological polar surface area (TPSA) is 41.6 Å². The highest BCUT2D eigenvalue weighted by Gasteiger charge is 2.26. The smallest absolute Gasteiger partial charge is 0.223 e. The van der Waals surface area contributed by atoms with Gasteiger partial charge >= 0.3 is 0 Å². The maximum atomic E-state index is 12.8. The van der Waals surface area contributed by atoms with Crippen LogP contribution in [0, 0.1) is 5.92 Å². The van der Waals surface area contributed by atoms with Gasteiger partial charge in [0.05, 0.1) is 13.2 Å². The summed E-state index contributed by atoms with van der Waals surface area (Å²) in [6.45, 7) is 5.04. The first kappa shape index (κ1) is 19.4. The first-order chi connectivity index (χ1) is 13.2. The summed E-state index contributed by atoms with van der Waals surface area (Å²) < 4.78 is 5.22. The molecule has 2 aromatic carbocycles. The Labute approximate surface area is 162 Å². The van der Waals surface area contributed by atoms with Crippen LogP contribution in [0.1, 0.15) is 43.4 Å². The molecule has 0 unspecified atom stereocenters. The summed E-state index contributed by atoms with van der Waals surface area (Å²) in [5, 5.41) is 3.26. The number of amides is 1. The second kappa shape index (κ2) is 9.56. The van der Waals surface area contributed by atoms with E-state index in [1.807, 2.05) is 30.3 Å². The quantitative estimate of drug-likeness (QED) is 0.799. The molecule has 0 aliphatic carbocycles. The van der Waals surface area contributed by atoms with Gasteiger partial charge in [-0.05, 0) is 55.6 Å². The molecule has 144 valence electrons. The molecular formula is C23H30N2O2. The van der Waals surface area contributed by atoms with Gasteiger partial charge in [0, 0.05) is 12.5 Å². The maximum Gasteiger partial charge on any atom is 0.223 e. The van der Waals surface area contributed by atoms with Gasteiger partial charge in [-0.2, -0.15) is 0 Å². The summed E-state index contributed by atoms with van der Waals surface area (Å²) >= 11 is 0. The summed E-state index contributed by atoms with van der Waals surface area (Å²) in [6.07, 6.45) is 2.74. The number of methoxy groups -OCH3 is 1. The molecule has 0 radical (unpaired) electrons. The fourth-order valence-electron chi connectivity index (χ4n) is 3.74. The van der Waals surface area contributed by atoms with Crippen LogP contribution in [-0.4, -0.2) is 31.0 Å². The average molecular weight is 367 g/mol. The van der Waals surface area contributed by atoms with Crippen molar-refractivity contribution in [2.75, 3.05) is 20.2 Å². The fraction of sp³-hybridized carbons (Fsp3) is 0.435. The minimum absolute atomic E-state index is 0.0609. The predicted molar refractivity (Wildman–Crippen MR) is 109 cm³/mol. The lowest BCUT2D eigenvalue weighted by molar-refractivity contribution is -0.127. The molecule has 0 bridgehead atoms. The Morgan fingerprint density at radius 3 is 2.37 bits per heavy atom. The lowest BCUT2D eigenvalue weighted by Gasteiger charge is -2.32. The van der Waals surface area contributed by atoms with E-state index >= 15 is 0 Å². The largest absolute Gasteiger partial charge is 0.497 e. The zero-order valence-electron chi connectivity index (χ0n) is 16.4. The number of nitrogens with zero attached hydrogens (tertiary/aromatic N) is 1. The zero-order chi connectivity index (χ0) is 19.1. The molecule has 1 N–H and O–H groups in total.